The predicted octanol–water partition coefficient (Wildman–Crippen LogP) is 0.981. The van der Waals surface area contributed by atoms with Crippen molar-refractivity contribution in [3.05, 3.63) is 24.0 Å². The summed E-state index contributed by atoms with van der Waals surface area (Å²) in [6, 6.07) is 0. The molecule has 0 saturated carbocycles. The van der Waals surface area contributed by atoms with Gasteiger partial charge < -0.3 is 4.84 Å². The van der Waals surface area contributed by atoms with E-state index in [-0.39, 0.29) is 0 Å². The van der Waals surface area contributed by atoms with E-state index in [9.17, 15) is 0 Å². The first-order chi connectivity index (χ1) is 4.47. The van der Waals surface area contributed by atoms with Crippen LogP contribution in [0.3, 0.4) is 0 Å². The van der Waals surface area contributed by atoms with Crippen molar-refractivity contribution < 1.29 is 4.84 Å². The Labute approximate surface area is 54.2 Å². The summed E-state index contributed by atoms with van der Waals surface area (Å²) in [7, 11) is 0. The lowest BCUT2D eigenvalue weighted by Crippen LogP contribution is -2.07. The molecule has 9 heavy (non-hydrogen) atoms. The lowest BCUT2D eigenvalue weighted by atomic mass is 10.0. The smallest absolute Gasteiger partial charge is 0.129 e. The first-order valence-electron chi connectivity index (χ1n) is 3.23. The predicted molar refractivity (Wildman–Crippen MR) is 34.4 cm³/mol. The molecular formula is C7H9NO. The minimum absolute atomic E-state index is 0.606. The summed E-state index contributed by atoms with van der Waals surface area (Å²) in [5.41, 5.74) is 2.86. The monoisotopic (exact) mass is 123 g/mol. The SMILES string of the molecule is C1=CCC2CNOC2=C1. The quantitative estimate of drug-likeness (QED) is 0.518. The number of hydrogen-bond acceptors (Lipinski definition) is 2. The second-order valence-electron chi connectivity index (χ2n) is 2.38. The van der Waals surface area contributed by atoms with Gasteiger partial charge in [0, 0.05) is 12.5 Å². The average Bonchev–Trinajstić information content (AvgIpc) is 2.33. The van der Waals surface area contributed by atoms with Crippen LogP contribution >= 0.6 is 0 Å². The van der Waals surface area contributed by atoms with Gasteiger partial charge in [-0.15, -0.1) is 0 Å². The average molecular weight is 123 g/mol. The van der Waals surface area contributed by atoms with Gasteiger partial charge in [-0.2, -0.15) is 5.48 Å². The molecule has 2 rings (SSSR count). The molecule has 0 spiro atoms. The summed E-state index contributed by atoms with van der Waals surface area (Å²) in [5, 5.41) is 0. The van der Waals surface area contributed by atoms with E-state index in [0.717, 1.165) is 18.7 Å². The van der Waals surface area contributed by atoms with Crippen LogP contribution in [0.2, 0.25) is 0 Å². The molecule has 48 valence electrons. The standard InChI is InChI=1S/C7H9NO/c1-2-4-7-6(3-1)5-8-9-7/h1-2,4,6,8H,3,5H2. The fourth-order valence-electron chi connectivity index (χ4n) is 1.18. The third-order valence-electron chi connectivity index (χ3n) is 1.74. The van der Waals surface area contributed by atoms with Gasteiger partial charge in [-0.25, -0.2) is 0 Å². The number of hydrogen-bond donors (Lipinski definition) is 1. The number of hydroxylamine groups is 1. The number of allylic oxidation sites excluding steroid dienone is 3. The third-order valence-corrected chi connectivity index (χ3v) is 1.74. The lowest BCUT2D eigenvalue weighted by molar-refractivity contribution is 0.154. The molecule has 1 N–H and O–H groups in total. The molecule has 2 aliphatic rings. The summed E-state index contributed by atoms with van der Waals surface area (Å²) in [5.74, 6) is 1.70. The molecule has 0 bridgehead atoms. The topological polar surface area (TPSA) is 21.3 Å². The lowest BCUT2D eigenvalue weighted by Gasteiger charge is -2.06. The maximum Gasteiger partial charge on any atom is 0.129 e. The first-order valence-corrected chi connectivity index (χ1v) is 3.23. The Morgan fingerprint density at radius 3 is 3.56 bits per heavy atom. The Bertz CT molecular complexity index is 172. The van der Waals surface area contributed by atoms with Crippen LogP contribution in [0.1, 0.15) is 6.42 Å². The summed E-state index contributed by atoms with van der Waals surface area (Å²) >= 11 is 0. The fourth-order valence-corrected chi connectivity index (χ4v) is 1.18. The van der Waals surface area contributed by atoms with Gasteiger partial charge in [0.25, 0.3) is 0 Å². The van der Waals surface area contributed by atoms with E-state index in [1.165, 1.54) is 0 Å². The van der Waals surface area contributed by atoms with Crippen molar-refractivity contribution in [2.45, 2.75) is 6.42 Å². The Morgan fingerprint density at radius 2 is 2.67 bits per heavy atom. The number of nitrogens with one attached hydrogen (secondary N) is 1. The highest BCUT2D eigenvalue weighted by atomic mass is 16.7. The van der Waals surface area contributed by atoms with E-state index in [0.29, 0.717) is 5.92 Å². The highest BCUT2D eigenvalue weighted by Gasteiger charge is 2.22. The Hall–Kier alpha value is -0.760. The van der Waals surface area contributed by atoms with Crippen molar-refractivity contribution in [3.63, 3.8) is 0 Å². The van der Waals surface area contributed by atoms with Crippen LogP contribution in [0.5, 0.6) is 0 Å². The molecule has 1 aliphatic heterocycles. The van der Waals surface area contributed by atoms with E-state index in [2.05, 4.69) is 11.6 Å². The summed E-state index contributed by atoms with van der Waals surface area (Å²) < 4.78 is 0. The minimum atomic E-state index is 0.606. The summed E-state index contributed by atoms with van der Waals surface area (Å²) in [4.78, 5) is 5.12. The maximum absolute atomic E-state index is 5.12. The molecule has 1 fully saturated rings. The van der Waals surface area contributed by atoms with Crippen LogP contribution in [0.15, 0.2) is 24.0 Å². The number of fused-ring (bicyclic) bond motifs is 1. The Balaban J connectivity index is 2.23. The van der Waals surface area contributed by atoms with E-state index < -0.39 is 0 Å². The second kappa shape index (κ2) is 1.88. The molecule has 0 aromatic rings. The summed E-state index contributed by atoms with van der Waals surface area (Å²) in [6.45, 7) is 0.968. The van der Waals surface area contributed by atoms with Gasteiger partial charge in [0.15, 0.2) is 0 Å². The molecule has 1 aliphatic carbocycles. The molecule has 1 saturated heterocycles. The summed E-state index contributed by atoms with van der Waals surface area (Å²) in [6.07, 6.45) is 7.36. The molecule has 0 amide bonds. The molecule has 1 heterocycles. The fraction of sp³-hybridized carbons (Fsp3) is 0.429. The highest BCUT2D eigenvalue weighted by molar-refractivity contribution is 5.18. The highest BCUT2D eigenvalue weighted by Crippen LogP contribution is 2.23. The van der Waals surface area contributed by atoms with Gasteiger partial charge in [-0.1, -0.05) is 12.2 Å². The van der Waals surface area contributed by atoms with E-state index in [1.54, 1.807) is 0 Å². The molecule has 0 radical (unpaired) electrons. The Kier molecular flexibility index (Phi) is 1.06. The van der Waals surface area contributed by atoms with Crippen molar-refractivity contribution in [2.24, 2.45) is 5.92 Å². The molecule has 0 aromatic carbocycles. The number of rotatable bonds is 0. The van der Waals surface area contributed by atoms with Crippen LogP contribution in [0.25, 0.3) is 0 Å². The van der Waals surface area contributed by atoms with E-state index in [1.807, 2.05) is 12.2 Å². The third kappa shape index (κ3) is 0.754. The van der Waals surface area contributed by atoms with Gasteiger partial charge in [0.1, 0.15) is 5.76 Å². The molecular weight excluding hydrogens is 114 g/mol. The van der Waals surface area contributed by atoms with E-state index in [4.69, 9.17) is 4.84 Å². The van der Waals surface area contributed by atoms with Gasteiger partial charge >= 0.3 is 0 Å². The van der Waals surface area contributed by atoms with Crippen molar-refractivity contribution in [2.75, 3.05) is 6.54 Å². The molecule has 0 aromatic heterocycles. The first kappa shape index (κ1) is 5.06. The van der Waals surface area contributed by atoms with Crippen LogP contribution in [0, 0.1) is 5.92 Å². The van der Waals surface area contributed by atoms with Gasteiger partial charge in [0.05, 0.1) is 0 Å². The Morgan fingerprint density at radius 1 is 1.67 bits per heavy atom. The normalized spacial score (nSPS) is 31.1. The van der Waals surface area contributed by atoms with Crippen molar-refractivity contribution in [3.8, 4) is 0 Å². The van der Waals surface area contributed by atoms with Crippen molar-refractivity contribution in [1.82, 2.24) is 5.48 Å². The zero-order valence-corrected chi connectivity index (χ0v) is 5.13. The van der Waals surface area contributed by atoms with Crippen LogP contribution in [-0.4, -0.2) is 6.54 Å². The molecule has 1 atom stereocenters. The van der Waals surface area contributed by atoms with Gasteiger partial charge in [-0.3, -0.25) is 0 Å². The van der Waals surface area contributed by atoms with Crippen molar-refractivity contribution >= 4 is 0 Å². The zero-order valence-electron chi connectivity index (χ0n) is 5.13. The van der Waals surface area contributed by atoms with Gasteiger partial charge in [0.2, 0.25) is 0 Å². The van der Waals surface area contributed by atoms with Crippen LogP contribution in [-0.2, 0) is 4.84 Å². The largest absolute Gasteiger partial charge is 0.413 e. The molecule has 2 heteroatoms. The zero-order chi connectivity index (χ0) is 6.10. The van der Waals surface area contributed by atoms with Crippen molar-refractivity contribution in [1.29, 1.82) is 0 Å². The molecule has 2 nitrogen and oxygen atoms in total. The van der Waals surface area contributed by atoms with Crippen LogP contribution in [0.4, 0.5) is 0 Å². The maximum atomic E-state index is 5.12. The van der Waals surface area contributed by atoms with Crippen LogP contribution < -0.4 is 5.48 Å². The minimum Gasteiger partial charge on any atom is -0.413 e. The molecule has 1 unspecified atom stereocenters. The second-order valence-corrected chi connectivity index (χ2v) is 2.38. The van der Waals surface area contributed by atoms with Gasteiger partial charge in [-0.05, 0) is 12.5 Å². The van der Waals surface area contributed by atoms with E-state index >= 15 is 0 Å².